The van der Waals surface area contributed by atoms with Crippen LogP contribution in [0.3, 0.4) is 0 Å². The van der Waals surface area contributed by atoms with Crippen LogP contribution in [-0.2, 0) is 14.8 Å². The second kappa shape index (κ2) is 9.20. The zero-order valence-electron chi connectivity index (χ0n) is 17.4. The van der Waals surface area contributed by atoms with E-state index in [2.05, 4.69) is 5.32 Å². The van der Waals surface area contributed by atoms with Crippen LogP contribution in [-0.4, -0.2) is 44.2 Å². The lowest BCUT2D eigenvalue weighted by Gasteiger charge is -2.20. The number of benzene rings is 2. The van der Waals surface area contributed by atoms with E-state index in [4.69, 9.17) is 0 Å². The second-order valence-electron chi connectivity index (χ2n) is 7.99. The van der Waals surface area contributed by atoms with Crippen molar-refractivity contribution in [3.05, 3.63) is 54.1 Å². The Balaban J connectivity index is 1.42. The van der Waals surface area contributed by atoms with Crippen LogP contribution < -0.4 is 10.2 Å². The Morgan fingerprint density at radius 1 is 0.806 bits per heavy atom. The van der Waals surface area contributed by atoms with Crippen molar-refractivity contribution in [1.82, 2.24) is 4.31 Å². The zero-order valence-corrected chi connectivity index (χ0v) is 18.2. The Morgan fingerprint density at radius 2 is 1.45 bits per heavy atom. The highest BCUT2D eigenvalue weighted by Crippen LogP contribution is 2.24. The Hall–Kier alpha value is -2.71. The maximum absolute atomic E-state index is 12.9. The number of nitrogens with one attached hydrogen (secondary N) is 1. The first-order valence-corrected chi connectivity index (χ1v) is 12.2. The van der Waals surface area contributed by atoms with Crippen LogP contribution in [0.15, 0.2) is 53.4 Å². The van der Waals surface area contributed by atoms with Gasteiger partial charge in [-0.2, -0.15) is 4.31 Å². The van der Waals surface area contributed by atoms with Crippen LogP contribution in [0.2, 0.25) is 0 Å². The molecule has 31 heavy (non-hydrogen) atoms. The summed E-state index contributed by atoms with van der Waals surface area (Å²) >= 11 is 0. The quantitative estimate of drug-likeness (QED) is 0.768. The van der Waals surface area contributed by atoms with Crippen molar-refractivity contribution < 1.29 is 18.0 Å². The van der Waals surface area contributed by atoms with Gasteiger partial charge in [0.2, 0.25) is 15.9 Å². The van der Waals surface area contributed by atoms with E-state index in [-0.39, 0.29) is 16.7 Å². The number of carbonyl (C=O) groups excluding carboxylic acids is 2. The van der Waals surface area contributed by atoms with Crippen molar-refractivity contribution >= 4 is 33.2 Å². The molecule has 4 rings (SSSR count). The highest BCUT2D eigenvalue weighted by atomic mass is 32.2. The van der Waals surface area contributed by atoms with Crippen LogP contribution in [0.1, 0.15) is 48.9 Å². The van der Waals surface area contributed by atoms with Crippen molar-refractivity contribution in [2.24, 2.45) is 0 Å². The second-order valence-corrected chi connectivity index (χ2v) is 9.93. The lowest BCUT2D eigenvalue weighted by molar-refractivity contribution is -0.117. The van der Waals surface area contributed by atoms with Crippen molar-refractivity contribution in [2.45, 2.75) is 43.4 Å². The van der Waals surface area contributed by atoms with E-state index in [0.29, 0.717) is 30.8 Å². The third-order valence-corrected chi connectivity index (χ3v) is 7.74. The number of rotatable bonds is 5. The molecule has 0 saturated carbocycles. The molecule has 2 aromatic carbocycles. The van der Waals surface area contributed by atoms with Crippen molar-refractivity contribution in [1.29, 1.82) is 0 Å². The first-order chi connectivity index (χ1) is 14.9. The van der Waals surface area contributed by atoms with Crippen molar-refractivity contribution in [2.75, 3.05) is 29.9 Å². The number of amides is 2. The fourth-order valence-corrected chi connectivity index (χ4v) is 5.58. The van der Waals surface area contributed by atoms with Crippen LogP contribution in [0.25, 0.3) is 0 Å². The molecule has 164 valence electrons. The van der Waals surface area contributed by atoms with Gasteiger partial charge >= 0.3 is 0 Å². The molecule has 0 bridgehead atoms. The summed E-state index contributed by atoms with van der Waals surface area (Å²) in [5, 5.41) is 2.81. The number of hydrogen-bond donors (Lipinski definition) is 1. The Bertz CT molecular complexity index is 1040. The summed E-state index contributed by atoms with van der Waals surface area (Å²) in [6.45, 7) is 1.81. The monoisotopic (exact) mass is 441 g/mol. The molecule has 0 spiro atoms. The summed E-state index contributed by atoms with van der Waals surface area (Å²) in [6, 6.07) is 13.2. The van der Waals surface area contributed by atoms with Gasteiger partial charge in [-0.05, 0) is 67.8 Å². The van der Waals surface area contributed by atoms with Gasteiger partial charge in [-0.1, -0.05) is 12.8 Å². The minimum absolute atomic E-state index is 0.118. The predicted molar refractivity (Wildman–Crippen MR) is 120 cm³/mol. The van der Waals surface area contributed by atoms with E-state index in [1.54, 1.807) is 21.3 Å². The van der Waals surface area contributed by atoms with Crippen LogP contribution in [0.5, 0.6) is 0 Å². The lowest BCUT2D eigenvalue weighted by atomic mass is 10.2. The van der Waals surface area contributed by atoms with E-state index in [9.17, 15) is 18.0 Å². The SMILES string of the molecule is O=C(Nc1ccc(N2CCCC2=O)cc1)c1ccc(S(=O)(=O)N2CCCCCC2)cc1. The van der Waals surface area contributed by atoms with Crippen molar-refractivity contribution in [3.8, 4) is 0 Å². The third kappa shape index (κ3) is 4.80. The minimum atomic E-state index is -3.53. The Morgan fingerprint density at radius 3 is 2.03 bits per heavy atom. The first-order valence-electron chi connectivity index (χ1n) is 10.8. The smallest absolute Gasteiger partial charge is 0.255 e. The van der Waals surface area contributed by atoms with Gasteiger partial charge in [-0.15, -0.1) is 0 Å². The molecule has 0 atom stereocenters. The van der Waals surface area contributed by atoms with Gasteiger partial charge in [0.05, 0.1) is 4.90 Å². The zero-order chi connectivity index (χ0) is 21.8. The minimum Gasteiger partial charge on any atom is -0.322 e. The van der Waals surface area contributed by atoms with Gasteiger partial charge in [-0.3, -0.25) is 9.59 Å². The molecule has 2 aliphatic heterocycles. The standard InChI is InChI=1S/C23H27N3O4S/c27-22-6-5-17-26(22)20-11-9-19(10-12-20)24-23(28)18-7-13-21(14-8-18)31(29,30)25-15-3-1-2-4-16-25/h7-14H,1-6,15-17H2,(H,24,28). The number of hydrogen-bond acceptors (Lipinski definition) is 4. The first kappa shape index (κ1) is 21.5. The van der Waals surface area contributed by atoms with Crippen molar-refractivity contribution in [3.63, 3.8) is 0 Å². The van der Waals surface area contributed by atoms with Gasteiger partial charge in [0.1, 0.15) is 0 Å². The van der Waals surface area contributed by atoms with E-state index in [0.717, 1.165) is 44.3 Å². The summed E-state index contributed by atoms with van der Waals surface area (Å²) in [6.07, 6.45) is 5.30. The Kier molecular flexibility index (Phi) is 6.38. The van der Waals surface area contributed by atoms with Gasteiger partial charge in [0.25, 0.3) is 5.91 Å². The van der Waals surface area contributed by atoms with Crippen LogP contribution in [0, 0.1) is 0 Å². The molecular weight excluding hydrogens is 414 g/mol. The van der Waals surface area contributed by atoms with Crippen LogP contribution in [0.4, 0.5) is 11.4 Å². The molecule has 0 aliphatic carbocycles. The van der Waals surface area contributed by atoms with E-state index in [1.807, 2.05) is 12.1 Å². The molecule has 8 heteroatoms. The molecule has 1 N–H and O–H groups in total. The molecule has 7 nitrogen and oxygen atoms in total. The average molecular weight is 442 g/mol. The molecule has 0 unspecified atom stereocenters. The number of anilines is 2. The number of carbonyl (C=O) groups is 2. The molecule has 2 fully saturated rings. The molecular formula is C23H27N3O4S. The molecule has 2 heterocycles. The fourth-order valence-electron chi connectivity index (χ4n) is 4.06. The summed E-state index contributed by atoms with van der Waals surface area (Å²) in [7, 11) is -3.53. The topological polar surface area (TPSA) is 86.8 Å². The third-order valence-electron chi connectivity index (χ3n) is 5.83. The highest BCUT2D eigenvalue weighted by Gasteiger charge is 2.25. The summed E-state index contributed by atoms with van der Waals surface area (Å²) in [4.78, 5) is 26.4. The molecule has 2 amide bonds. The van der Waals surface area contributed by atoms with Gasteiger partial charge in [0, 0.05) is 43.0 Å². The Labute approximate surface area is 183 Å². The lowest BCUT2D eigenvalue weighted by Crippen LogP contribution is -2.31. The van der Waals surface area contributed by atoms with Gasteiger partial charge in [-0.25, -0.2) is 8.42 Å². The summed E-state index contributed by atoms with van der Waals surface area (Å²) in [5.74, 6) is -0.198. The summed E-state index contributed by atoms with van der Waals surface area (Å²) in [5.41, 5.74) is 1.82. The van der Waals surface area contributed by atoms with Crippen LogP contribution >= 0.6 is 0 Å². The van der Waals surface area contributed by atoms with E-state index < -0.39 is 10.0 Å². The maximum Gasteiger partial charge on any atom is 0.255 e. The molecule has 2 aromatic rings. The summed E-state index contributed by atoms with van der Waals surface area (Å²) < 4.78 is 27.3. The highest BCUT2D eigenvalue weighted by molar-refractivity contribution is 7.89. The molecule has 2 saturated heterocycles. The predicted octanol–water partition coefficient (Wildman–Crippen LogP) is 3.63. The van der Waals surface area contributed by atoms with Gasteiger partial charge < -0.3 is 10.2 Å². The van der Waals surface area contributed by atoms with E-state index in [1.165, 1.54) is 24.3 Å². The number of nitrogens with zero attached hydrogens (tertiary/aromatic N) is 2. The molecule has 2 aliphatic rings. The molecule has 0 aromatic heterocycles. The van der Waals surface area contributed by atoms with E-state index >= 15 is 0 Å². The van der Waals surface area contributed by atoms with Gasteiger partial charge in [0.15, 0.2) is 0 Å². The maximum atomic E-state index is 12.9. The molecule has 0 radical (unpaired) electrons. The average Bonchev–Trinajstić information content (AvgIpc) is 3.02. The largest absolute Gasteiger partial charge is 0.322 e. The number of sulfonamides is 1. The fraction of sp³-hybridized carbons (Fsp3) is 0.391. The normalized spacial score (nSPS) is 18.1.